The number of hydrogen-bond acceptors (Lipinski definition) is 4. The quantitative estimate of drug-likeness (QED) is 0.289. The van der Waals surface area contributed by atoms with Crippen molar-refractivity contribution in [1.82, 2.24) is 10.9 Å². The molecule has 0 atom stereocenters. The number of benzene rings is 3. The second kappa shape index (κ2) is 12.1. The standard InChI is InChI=1S/C25H27BrN2O4/c1-2-3-4-9-16-31-21-13-8-7-12-20(21)25(30)28-27-23(29)17-32-22-15-14-18-10-5-6-11-19(18)24(22)26/h5-8,10-15H,2-4,9,16-17H2,1H3,(H,27,29)(H,28,30). The summed E-state index contributed by atoms with van der Waals surface area (Å²) in [5.74, 6) is 0.116. The molecule has 7 heteroatoms. The van der Waals surface area contributed by atoms with Crippen molar-refractivity contribution in [2.45, 2.75) is 32.6 Å². The lowest BCUT2D eigenvalue weighted by molar-refractivity contribution is -0.123. The largest absolute Gasteiger partial charge is 0.493 e. The van der Waals surface area contributed by atoms with E-state index in [1.165, 1.54) is 0 Å². The van der Waals surface area contributed by atoms with Crippen LogP contribution >= 0.6 is 15.9 Å². The Bertz CT molecular complexity index is 1070. The Morgan fingerprint density at radius 3 is 2.47 bits per heavy atom. The molecule has 0 radical (unpaired) electrons. The predicted molar refractivity (Wildman–Crippen MR) is 129 cm³/mol. The number of nitrogens with one attached hydrogen (secondary N) is 2. The van der Waals surface area contributed by atoms with E-state index in [1.54, 1.807) is 24.3 Å². The van der Waals surface area contributed by atoms with Crippen molar-refractivity contribution in [2.24, 2.45) is 0 Å². The van der Waals surface area contributed by atoms with Crippen LogP contribution in [0.1, 0.15) is 43.0 Å². The number of fused-ring (bicyclic) bond motifs is 1. The van der Waals surface area contributed by atoms with E-state index in [0.717, 1.165) is 40.9 Å². The van der Waals surface area contributed by atoms with Crippen molar-refractivity contribution >= 4 is 38.5 Å². The summed E-state index contributed by atoms with van der Waals surface area (Å²) in [6.07, 6.45) is 4.34. The zero-order chi connectivity index (χ0) is 22.8. The van der Waals surface area contributed by atoms with E-state index >= 15 is 0 Å². The van der Waals surface area contributed by atoms with E-state index in [0.29, 0.717) is 23.7 Å². The van der Waals surface area contributed by atoms with Crippen LogP contribution in [0.3, 0.4) is 0 Å². The van der Waals surface area contributed by atoms with Gasteiger partial charge >= 0.3 is 0 Å². The van der Waals surface area contributed by atoms with Crippen molar-refractivity contribution in [3.63, 3.8) is 0 Å². The fourth-order valence-electron chi connectivity index (χ4n) is 3.19. The molecule has 2 amide bonds. The van der Waals surface area contributed by atoms with Crippen molar-refractivity contribution in [3.05, 3.63) is 70.7 Å². The summed E-state index contributed by atoms with van der Waals surface area (Å²) in [5.41, 5.74) is 5.17. The normalized spacial score (nSPS) is 10.6. The van der Waals surface area contributed by atoms with Gasteiger partial charge in [0.2, 0.25) is 0 Å². The third-order valence-corrected chi connectivity index (χ3v) is 5.71. The highest BCUT2D eigenvalue weighted by atomic mass is 79.9. The number of unbranched alkanes of at least 4 members (excludes halogenated alkanes) is 3. The fraction of sp³-hybridized carbons (Fsp3) is 0.280. The first-order chi connectivity index (χ1) is 15.6. The highest BCUT2D eigenvalue weighted by Crippen LogP contribution is 2.32. The third kappa shape index (κ3) is 6.47. The molecule has 3 aromatic rings. The summed E-state index contributed by atoms with van der Waals surface area (Å²) in [7, 11) is 0. The van der Waals surface area contributed by atoms with E-state index in [2.05, 4.69) is 33.7 Å². The first-order valence-electron chi connectivity index (χ1n) is 10.7. The summed E-state index contributed by atoms with van der Waals surface area (Å²) in [5, 5.41) is 2.06. The number of halogens is 1. The van der Waals surface area contributed by atoms with Crippen LogP contribution in [0.25, 0.3) is 10.8 Å². The second-order valence-electron chi connectivity index (χ2n) is 7.30. The maximum absolute atomic E-state index is 12.5. The fourth-order valence-corrected chi connectivity index (χ4v) is 3.80. The molecule has 0 aliphatic heterocycles. The summed E-state index contributed by atoms with van der Waals surface area (Å²) < 4.78 is 12.2. The van der Waals surface area contributed by atoms with Gasteiger partial charge in [0.1, 0.15) is 11.5 Å². The van der Waals surface area contributed by atoms with Crippen LogP contribution in [0, 0.1) is 0 Å². The minimum Gasteiger partial charge on any atom is -0.493 e. The molecule has 0 saturated heterocycles. The van der Waals surface area contributed by atoms with Crippen molar-refractivity contribution in [3.8, 4) is 11.5 Å². The van der Waals surface area contributed by atoms with Crippen LogP contribution in [0.5, 0.6) is 11.5 Å². The maximum atomic E-state index is 12.5. The molecule has 0 aromatic heterocycles. The smallest absolute Gasteiger partial charge is 0.276 e. The van der Waals surface area contributed by atoms with E-state index in [4.69, 9.17) is 9.47 Å². The molecule has 0 saturated carbocycles. The average molecular weight is 499 g/mol. The monoisotopic (exact) mass is 498 g/mol. The van der Waals surface area contributed by atoms with Crippen LogP contribution in [0.15, 0.2) is 65.1 Å². The van der Waals surface area contributed by atoms with Gasteiger partial charge in [0.25, 0.3) is 11.8 Å². The maximum Gasteiger partial charge on any atom is 0.276 e. The molecule has 0 fully saturated rings. The van der Waals surface area contributed by atoms with Gasteiger partial charge in [-0.1, -0.05) is 68.7 Å². The van der Waals surface area contributed by atoms with Crippen molar-refractivity contribution < 1.29 is 19.1 Å². The molecule has 0 unspecified atom stereocenters. The molecule has 168 valence electrons. The molecule has 0 bridgehead atoms. The number of carbonyl (C=O) groups is 2. The number of para-hydroxylation sites is 1. The molecule has 3 rings (SSSR count). The van der Waals surface area contributed by atoms with Crippen LogP contribution in [-0.4, -0.2) is 25.0 Å². The Labute approximate surface area is 196 Å². The number of rotatable bonds is 10. The zero-order valence-corrected chi connectivity index (χ0v) is 19.6. The SMILES string of the molecule is CCCCCCOc1ccccc1C(=O)NNC(=O)COc1ccc2ccccc2c1Br. The van der Waals surface area contributed by atoms with Gasteiger partial charge in [0.15, 0.2) is 6.61 Å². The van der Waals surface area contributed by atoms with Crippen LogP contribution in [0.4, 0.5) is 0 Å². The number of carbonyl (C=O) groups excluding carboxylic acids is 2. The Morgan fingerprint density at radius 2 is 1.62 bits per heavy atom. The van der Waals surface area contributed by atoms with Crippen molar-refractivity contribution in [1.29, 1.82) is 0 Å². The van der Waals surface area contributed by atoms with E-state index < -0.39 is 11.8 Å². The summed E-state index contributed by atoms with van der Waals surface area (Å²) >= 11 is 3.53. The predicted octanol–water partition coefficient (Wildman–Crippen LogP) is 5.40. The molecule has 0 aliphatic rings. The van der Waals surface area contributed by atoms with Gasteiger partial charge < -0.3 is 9.47 Å². The number of hydrogen-bond donors (Lipinski definition) is 2. The summed E-state index contributed by atoms with van der Waals surface area (Å²) in [6, 6.07) is 18.6. The molecule has 32 heavy (non-hydrogen) atoms. The van der Waals surface area contributed by atoms with E-state index in [9.17, 15) is 9.59 Å². The van der Waals surface area contributed by atoms with E-state index in [-0.39, 0.29) is 6.61 Å². The molecular formula is C25H27BrN2O4. The molecule has 0 aliphatic carbocycles. The minimum atomic E-state index is -0.476. The number of amides is 2. The van der Waals surface area contributed by atoms with Gasteiger partial charge in [0, 0.05) is 0 Å². The first kappa shape index (κ1) is 23.6. The lowest BCUT2D eigenvalue weighted by Crippen LogP contribution is -2.44. The highest BCUT2D eigenvalue weighted by molar-refractivity contribution is 9.10. The Kier molecular flexibility index (Phi) is 8.92. The Balaban J connectivity index is 1.50. The van der Waals surface area contributed by atoms with Gasteiger partial charge in [-0.3, -0.25) is 20.4 Å². The molecular weight excluding hydrogens is 472 g/mol. The van der Waals surface area contributed by atoms with Gasteiger partial charge in [-0.15, -0.1) is 0 Å². The molecule has 3 aromatic carbocycles. The first-order valence-corrected chi connectivity index (χ1v) is 11.5. The number of ether oxygens (including phenoxy) is 2. The molecule has 0 heterocycles. The average Bonchev–Trinajstić information content (AvgIpc) is 2.82. The van der Waals surface area contributed by atoms with Gasteiger partial charge in [-0.05, 0) is 51.3 Å². The van der Waals surface area contributed by atoms with Gasteiger partial charge in [-0.25, -0.2) is 0 Å². The Hall–Kier alpha value is -3.06. The topological polar surface area (TPSA) is 76.7 Å². The van der Waals surface area contributed by atoms with Crippen molar-refractivity contribution in [2.75, 3.05) is 13.2 Å². The number of hydrazine groups is 1. The lowest BCUT2D eigenvalue weighted by atomic mass is 10.1. The van der Waals surface area contributed by atoms with Gasteiger partial charge in [-0.2, -0.15) is 0 Å². The lowest BCUT2D eigenvalue weighted by Gasteiger charge is -2.13. The zero-order valence-electron chi connectivity index (χ0n) is 18.0. The van der Waals surface area contributed by atoms with Crippen LogP contribution < -0.4 is 20.3 Å². The summed E-state index contributed by atoms with van der Waals surface area (Å²) in [4.78, 5) is 24.7. The van der Waals surface area contributed by atoms with Gasteiger partial charge in [0.05, 0.1) is 16.6 Å². The minimum absolute atomic E-state index is 0.243. The molecule has 6 nitrogen and oxygen atoms in total. The third-order valence-electron chi connectivity index (χ3n) is 4.89. The Morgan fingerprint density at radius 1 is 0.844 bits per heavy atom. The highest BCUT2D eigenvalue weighted by Gasteiger charge is 2.14. The molecule has 0 spiro atoms. The molecule has 2 N–H and O–H groups in total. The second-order valence-corrected chi connectivity index (χ2v) is 8.09. The summed E-state index contributed by atoms with van der Waals surface area (Å²) in [6.45, 7) is 2.46. The van der Waals surface area contributed by atoms with Crippen LogP contribution in [0.2, 0.25) is 0 Å². The van der Waals surface area contributed by atoms with Crippen LogP contribution in [-0.2, 0) is 4.79 Å². The van der Waals surface area contributed by atoms with E-state index in [1.807, 2.05) is 36.4 Å².